The van der Waals surface area contributed by atoms with Gasteiger partial charge in [0.25, 0.3) is 0 Å². The summed E-state index contributed by atoms with van der Waals surface area (Å²) >= 11 is 0. The number of amides is 4. The van der Waals surface area contributed by atoms with E-state index >= 15 is 0 Å². The third-order valence-electron chi connectivity index (χ3n) is 5.07. The lowest BCUT2D eigenvalue weighted by atomic mass is 9.97. The van der Waals surface area contributed by atoms with Crippen LogP contribution in [0.1, 0.15) is 53.4 Å². The molecular weight excluding hydrogens is 438 g/mol. The van der Waals surface area contributed by atoms with E-state index in [-0.39, 0.29) is 18.8 Å². The third kappa shape index (κ3) is 10.8. The molecule has 13 heteroatoms. The summed E-state index contributed by atoms with van der Waals surface area (Å²) in [6, 6.07) is -5.15. The second-order valence-electron chi connectivity index (χ2n) is 8.21. The summed E-state index contributed by atoms with van der Waals surface area (Å²) in [5.74, 6) is -6.76. The van der Waals surface area contributed by atoms with Crippen molar-refractivity contribution in [3.8, 4) is 0 Å². The van der Waals surface area contributed by atoms with Crippen molar-refractivity contribution in [1.29, 1.82) is 0 Å². The Bertz CT molecular complexity index is 742. The van der Waals surface area contributed by atoms with Gasteiger partial charge in [-0.25, -0.2) is 4.79 Å². The predicted octanol–water partition coefficient (Wildman–Crippen LogP) is -1.70. The molecule has 0 saturated heterocycles. The lowest BCUT2D eigenvalue weighted by Gasteiger charge is -2.28. The number of nitrogens with two attached hydrogens (primary N) is 2. The SMILES string of the molecule is CCC(C)C(NC(=O)C(NC(=O)C(CC(=O)O)NC(=O)C(N)CCC(N)=O)C(C)C)C(=O)O. The van der Waals surface area contributed by atoms with E-state index in [0.717, 1.165) is 0 Å². The van der Waals surface area contributed by atoms with Gasteiger partial charge in [0, 0.05) is 6.42 Å². The van der Waals surface area contributed by atoms with Gasteiger partial charge in [0.1, 0.15) is 18.1 Å². The van der Waals surface area contributed by atoms with Gasteiger partial charge in [-0.1, -0.05) is 34.1 Å². The molecule has 9 N–H and O–H groups in total. The van der Waals surface area contributed by atoms with E-state index in [1.807, 2.05) is 0 Å². The fraction of sp³-hybridized carbons (Fsp3) is 0.700. The van der Waals surface area contributed by atoms with E-state index in [0.29, 0.717) is 6.42 Å². The summed E-state index contributed by atoms with van der Waals surface area (Å²) in [5, 5.41) is 25.5. The monoisotopic (exact) mass is 473 g/mol. The highest BCUT2D eigenvalue weighted by molar-refractivity contribution is 5.95. The number of rotatable bonds is 15. The van der Waals surface area contributed by atoms with E-state index in [1.54, 1.807) is 27.7 Å². The Kier molecular flexibility index (Phi) is 12.7. The highest BCUT2D eigenvalue weighted by atomic mass is 16.4. The highest BCUT2D eigenvalue weighted by Gasteiger charge is 2.34. The molecule has 5 unspecified atom stereocenters. The molecule has 33 heavy (non-hydrogen) atoms. The number of carboxylic acid groups (broad SMARTS) is 2. The van der Waals surface area contributed by atoms with Gasteiger partial charge in [-0.3, -0.25) is 24.0 Å². The van der Waals surface area contributed by atoms with E-state index in [2.05, 4.69) is 16.0 Å². The Morgan fingerprint density at radius 2 is 1.39 bits per heavy atom. The van der Waals surface area contributed by atoms with Crippen LogP contribution >= 0.6 is 0 Å². The van der Waals surface area contributed by atoms with Crippen LogP contribution in [0.5, 0.6) is 0 Å². The topological polar surface area (TPSA) is 231 Å². The van der Waals surface area contributed by atoms with Crippen LogP contribution in [0.3, 0.4) is 0 Å². The van der Waals surface area contributed by atoms with Crippen LogP contribution in [0, 0.1) is 11.8 Å². The molecule has 0 spiro atoms. The molecule has 0 aromatic heterocycles. The van der Waals surface area contributed by atoms with Gasteiger partial charge in [-0.15, -0.1) is 0 Å². The molecular formula is C20H35N5O8. The van der Waals surface area contributed by atoms with Gasteiger partial charge in [0.2, 0.25) is 23.6 Å². The number of primary amides is 1. The first-order chi connectivity index (χ1) is 15.2. The van der Waals surface area contributed by atoms with Crippen molar-refractivity contribution >= 4 is 35.6 Å². The lowest BCUT2D eigenvalue weighted by molar-refractivity contribution is -0.144. The number of aliphatic carboxylic acids is 2. The summed E-state index contributed by atoms with van der Waals surface area (Å²) in [4.78, 5) is 71.2. The minimum Gasteiger partial charge on any atom is -0.481 e. The minimum absolute atomic E-state index is 0.105. The fourth-order valence-corrected chi connectivity index (χ4v) is 2.81. The van der Waals surface area contributed by atoms with E-state index in [9.17, 15) is 33.9 Å². The maximum absolute atomic E-state index is 12.7. The zero-order valence-corrected chi connectivity index (χ0v) is 19.3. The van der Waals surface area contributed by atoms with Crippen LogP contribution in [0.15, 0.2) is 0 Å². The average molecular weight is 474 g/mol. The molecule has 0 fully saturated rings. The number of carbonyl (C=O) groups is 6. The van der Waals surface area contributed by atoms with E-state index < -0.39 is 72.1 Å². The van der Waals surface area contributed by atoms with Crippen molar-refractivity contribution in [1.82, 2.24) is 16.0 Å². The predicted molar refractivity (Wildman–Crippen MR) is 116 cm³/mol. The van der Waals surface area contributed by atoms with Crippen molar-refractivity contribution in [3.63, 3.8) is 0 Å². The van der Waals surface area contributed by atoms with Crippen molar-refractivity contribution in [3.05, 3.63) is 0 Å². The summed E-state index contributed by atoms with van der Waals surface area (Å²) in [7, 11) is 0. The highest BCUT2D eigenvalue weighted by Crippen LogP contribution is 2.10. The molecule has 0 aromatic rings. The normalized spacial score (nSPS) is 15.5. The molecule has 0 aliphatic carbocycles. The minimum atomic E-state index is -1.56. The zero-order chi connectivity index (χ0) is 25.9. The Morgan fingerprint density at radius 3 is 1.82 bits per heavy atom. The smallest absolute Gasteiger partial charge is 0.326 e. The maximum atomic E-state index is 12.7. The second-order valence-corrected chi connectivity index (χ2v) is 8.21. The van der Waals surface area contributed by atoms with Gasteiger partial charge >= 0.3 is 11.9 Å². The van der Waals surface area contributed by atoms with Gasteiger partial charge in [-0.2, -0.15) is 0 Å². The zero-order valence-electron chi connectivity index (χ0n) is 19.3. The van der Waals surface area contributed by atoms with Crippen LogP contribution in [-0.4, -0.2) is 69.9 Å². The van der Waals surface area contributed by atoms with Gasteiger partial charge in [0.15, 0.2) is 0 Å². The van der Waals surface area contributed by atoms with Gasteiger partial charge in [0.05, 0.1) is 12.5 Å². The third-order valence-corrected chi connectivity index (χ3v) is 5.07. The largest absolute Gasteiger partial charge is 0.481 e. The van der Waals surface area contributed by atoms with E-state index in [1.165, 1.54) is 0 Å². The quantitative estimate of drug-likeness (QED) is 0.143. The molecule has 0 radical (unpaired) electrons. The average Bonchev–Trinajstić information content (AvgIpc) is 2.71. The molecule has 13 nitrogen and oxygen atoms in total. The molecule has 188 valence electrons. The molecule has 4 amide bonds. The molecule has 0 saturated carbocycles. The fourth-order valence-electron chi connectivity index (χ4n) is 2.81. The van der Waals surface area contributed by atoms with Crippen LogP contribution < -0.4 is 27.4 Å². The van der Waals surface area contributed by atoms with Crippen molar-refractivity contribution < 1.29 is 39.0 Å². The molecule has 0 rings (SSSR count). The summed E-state index contributed by atoms with van der Waals surface area (Å²) in [5.41, 5.74) is 10.7. The van der Waals surface area contributed by atoms with Crippen molar-refractivity contribution in [2.75, 3.05) is 0 Å². The molecule has 0 aliphatic rings. The molecule has 0 heterocycles. The first-order valence-corrected chi connectivity index (χ1v) is 10.6. The number of hydrogen-bond acceptors (Lipinski definition) is 7. The lowest BCUT2D eigenvalue weighted by Crippen LogP contribution is -2.59. The second kappa shape index (κ2) is 14.0. The summed E-state index contributed by atoms with van der Waals surface area (Å²) < 4.78 is 0. The van der Waals surface area contributed by atoms with Gasteiger partial charge < -0.3 is 37.6 Å². The van der Waals surface area contributed by atoms with Gasteiger partial charge in [-0.05, 0) is 18.3 Å². The van der Waals surface area contributed by atoms with Crippen molar-refractivity contribution in [2.24, 2.45) is 23.3 Å². The Labute approximate surface area is 192 Å². The number of carbonyl (C=O) groups excluding carboxylic acids is 4. The van der Waals surface area contributed by atoms with Crippen LogP contribution in [0.4, 0.5) is 0 Å². The Hall–Kier alpha value is -3.22. The summed E-state index contributed by atoms with van der Waals surface area (Å²) in [6.45, 7) is 6.63. The number of nitrogens with one attached hydrogen (secondary N) is 3. The summed E-state index contributed by atoms with van der Waals surface area (Å²) in [6.07, 6.45) is -0.595. The number of carboxylic acids is 2. The van der Waals surface area contributed by atoms with Crippen molar-refractivity contribution in [2.45, 2.75) is 77.5 Å². The van der Waals surface area contributed by atoms with E-state index in [4.69, 9.17) is 16.6 Å². The molecule has 0 bridgehead atoms. The van der Waals surface area contributed by atoms with Crippen LogP contribution in [0.2, 0.25) is 0 Å². The maximum Gasteiger partial charge on any atom is 0.326 e. The first kappa shape index (κ1) is 29.8. The number of hydrogen-bond donors (Lipinski definition) is 7. The molecule has 5 atom stereocenters. The molecule has 0 aromatic carbocycles. The first-order valence-electron chi connectivity index (χ1n) is 10.6. The Morgan fingerprint density at radius 1 is 0.848 bits per heavy atom. The van der Waals surface area contributed by atoms with Crippen LogP contribution in [-0.2, 0) is 28.8 Å². The Balaban J connectivity index is 5.46. The van der Waals surface area contributed by atoms with Crippen LogP contribution in [0.25, 0.3) is 0 Å². The standard InChI is InChI=1S/C20H35N5O8/c1-5-10(4)16(20(32)33)25-19(31)15(9(2)3)24-18(30)12(8-14(27)28)23-17(29)11(21)6-7-13(22)26/h9-12,15-16H,5-8,21H2,1-4H3,(H2,22,26)(H,23,29)(H,24,30)(H,25,31)(H,27,28)(H,32,33). The molecule has 0 aliphatic heterocycles.